The molecule has 4 nitrogen and oxygen atoms in total. The summed E-state index contributed by atoms with van der Waals surface area (Å²) >= 11 is 5.76. The molecule has 0 bridgehead atoms. The lowest BCUT2D eigenvalue weighted by molar-refractivity contribution is 0.276. The Labute approximate surface area is 104 Å². The number of aliphatic hydroxyl groups is 1. The normalized spacial score (nSPS) is 10.2. The van der Waals surface area contributed by atoms with E-state index in [0.29, 0.717) is 22.2 Å². The van der Waals surface area contributed by atoms with Crippen LogP contribution in [0.25, 0.3) is 0 Å². The van der Waals surface area contributed by atoms with Crippen LogP contribution in [0.3, 0.4) is 0 Å². The van der Waals surface area contributed by atoms with Gasteiger partial charge >= 0.3 is 0 Å². The number of nitrogens with two attached hydrogens (primary N) is 1. The Kier molecular flexibility index (Phi) is 3.46. The van der Waals surface area contributed by atoms with Crippen LogP contribution in [0.15, 0.2) is 36.4 Å². The van der Waals surface area contributed by atoms with Crippen molar-refractivity contribution < 1.29 is 9.84 Å². The van der Waals surface area contributed by atoms with E-state index >= 15 is 0 Å². The molecule has 0 unspecified atom stereocenters. The first kappa shape index (κ1) is 11.7. The fourth-order valence-electron chi connectivity index (χ4n) is 1.35. The average Bonchev–Trinajstić information content (AvgIpc) is 2.34. The van der Waals surface area contributed by atoms with Crippen molar-refractivity contribution >= 4 is 17.3 Å². The fraction of sp³-hybridized carbons (Fsp3) is 0.0833. The number of nitrogen functional groups attached to an aromatic ring is 1. The zero-order valence-corrected chi connectivity index (χ0v) is 9.69. The maximum atomic E-state index is 9.16. The Balaban J connectivity index is 2.34. The topological polar surface area (TPSA) is 68.4 Å². The molecule has 17 heavy (non-hydrogen) atoms. The van der Waals surface area contributed by atoms with Gasteiger partial charge in [-0.25, -0.2) is 0 Å². The fourth-order valence-corrected chi connectivity index (χ4v) is 1.49. The quantitative estimate of drug-likeness (QED) is 0.822. The second kappa shape index (κ2) is 5.03. The van der Waals surface area contributed by atoms with Crippen molar-refractivity contribution in [2.24, 2.45) is 0 Å². The highest BCUT2D eigenvalue weighted by Gasteiger charge is 2.08. The molecule has 5 heteroatoms. The third kappa shape index (κ3) is 2.67. The third-order valence-electron chi connectivity index (χ3n) is 2.21. The summed E-state index contributed by atoms with van der Waals surface area (Å²) in [4.78, 5) is 3.98. The lowest BCUT2D eigenvalue weighted by Crippen LogP contribution is -1.97. The zero-order valence-electron chi connectivity index (χ0n) is 8.93. The van der Waals surface area contributed by atoms with Gasteiger partial charge < -0.3 is 15.6 Å². The largest absolute Gasteiger partial charge is 0.437 e. The van der Waals surface area contributed by atoms with E-state index < -0.39 is 0 Å². The van der Waals surface area contributed by atoms with E-state index in [2.05, 4.69) is 4.98 Å². The molecule has 0 saturated carbocycles. The molecule has 0 aliphatic rings. The van der Waals surface area contributed by atoms with Crippen molar-refractivity contribution in [3.63, 3.8) is 0 Å². The smallest absolute Gasteiger partial charge is 0.244 e. The number of aliphatic hydroxyl groups excluding tert-OH is 1. The molecular weight excluding hydrogens is 240 g/mol. The van der Waals surface area contributed by atoms with Gasteiger partial charge in [-0.3, -0.25) is 0 Å². The summed E-state index contributed by atoms with van der Waals surface area (Å²) in [5.41, 5.74) is 6.77. The molecule has 0 spiro atoms. The number of hydrogen-bond acceptors (Lipinski definition) is 4. The summed E-state index contributed by atoms with van der Waals surface area (Å²) in [7, 11) is 0. The molecule has 3 N–H and O–H groups in total. The van der Waals surface area contributed by atoms with Crippen molar-refractivity contribution in [2.75, 3.05) is 5.73 Å². The molecule has 1 heterocycles. The molecule has 0 saturated heterocycles. The molecule has 1 aromatic heterocycles. The van der Waals surface area contributed by atoms with Crippen LogP contribution in [-0.2, 0) is 6.61 Å². The predicted molar refractivity (Wildman–Crippen MR) is 66.1 cm³/mol. The third-order valence-corrected chi connectivity index (χ3v) is 2.42. The van der Waals surface area contributed by atoms with Gasteiger partial charge in [0.25, 0.3) is 0 Å². The number of ether oxygens (including phenoxy) is 1. The highest BCUT2D eigenvalue weighted by atomic mass is 35.5. The van der Waals surface area contributed by atoms with Crippen molar-refractivity contribution in [1.29, 1.82) is 0 Å². The summed E-state index contributed by atoms with van der Waals surface area (Å²) in [6, 6.07) is 10.3. The van der Waals surface area contributed by atoms with Gasteiger partial charge in [-0.15, -0.1) is 0 Å². The second-order valence-corrected chi connectivity index (χ2v) is 3.78. The number of aromatic nitrogens is 1. The van der Waals surface area contributed by atoms with E-state index in [-0.39, 0.29) is 12.5 Å². The van der Waals surface area contributed by atoms with Crippen LogP contribution >= 0.6 is 11.6 Å². The molecule has 2 rings (SSSR count). The molecule has 0 aliphatic heterocycles. The zero-order chi connectivity index (χ0) is 12.3. The Morgan fingerprint density at radius 1 is 1.24 bits per heavy atom. The maximum absolute atomic E-state index is 9.16. The molecule has 0 radical (unpaired) electrons. The van der Waals surface area contributed by atoms with Gasteiger partial charge in [-0.05, 0) is 18.2 Å². The predicted octanol–water partition coefficient (Wildman–Crippen LogP) is 2.60. The first-order chi connectivity index (χ1) is 8.20. The van der Waals surface area contributed by atoms with E-state index in [0.717, 1.165) is 0 Å². The lowest BCUT2D eigenvalue weighted by atomic mass is 10.2. The first-order valence-electron chi connectivity index (χ1n) is 4.99. The summed E-state index contributed by atoms with van der Waals surface area (Å²) in [5.74, 6) is 0.745. The van der Waals surface area contributed by atoms with Gasteiger partial charge in [0.15, 0.2) is 0 Å². The minimum atomic E-state index is -0.114. The number of halogens is 1. The Hall–Kier alpha value is -1.78. The van der Waals surface area contributed by atoms with E-state index in [9.17, 15) is 0 Å². The van der Waals surface area contributed by atoms with Gasteiger partial charge in [0.2, 0.25) is 5.88 Å². The van der Waals surface area contributed by atoms with Gasteiger partial charge in [0, 0.05) is 5.56 Å². The molecule has 0 atom stereocenters. The van der Waals surface area contributed by atoms with Crippen LogP contribution in [0.1, 0.15) is 5.56 Å². The van der Waals surface area contributed by atoms with Crippen LogP contribution in [-0.4, -0.2) is 10.1 Å². The summed E-state index contributed by atoms with van der Waals surface area (Å²) in [6.07, 6.45) is 0. The highest BCUT2D eigenvalue weighted by molar-refractivity contribution is 6.29. The Morgan fingerprint density at radius 3 is 2.76 bits per heavy atom. The number of hydrogen-bond donors (Lipinski definition) is 2. The van der Waals surface area contributed by atoms with E-state index in [1.165, 1.54) is 0 Å². The van der Waals surface area contributed by atoms with Crippen molar-refractivity contribution in [1.82, 2.24) is 4.98 Å². The van der Waals surface area contributed by atoms with Gasteiger partial charge in [-0.1, -0.05) is 29.8 Å². The molecule has 2 aromatic rings. The number of para-hydroxylation sites is 1. The molecule has 88 valence electrons. The Bertz CT molecular complexity index is 532. The number of benzene rings is 1. The van der Waals surface area contributed by atoms with Gasteiger partial charge in [-0.2, -0.15) is 4.98 Å². The van der Waals surface area contributed by atoms with Crippen molar-refractivity contribution in [3.8, 4) is 11.6 Å². The van der Waals surface area contributed by atoms with Crippen molar-refractivity contribution in [3.05, 3.63) is 47.1 Å². The number of pyridine rings is 1. The standard InChI is InChI=1S/C12H11ClN2O2/c13-11-6-5-9(14)12(15-11)17-10-4-2-1-3-8(10)7-16/h1-6,16H,7,14H2. The summed E-state index contributed by atoms with van der Waals surface area (Å²) in [6.45, 7) is -0.114. The molecule has 0 amide bonds. The maximum Gasteiger partial charge on any atom is 0.244 e. The SMILES string of the molecule is Nc1ccc(Cl)nc1Oc1ccccc1CO. The average molecular weight is 251 g/mol. The minimum Gasteiger partial charge on any atom is -0.437 e. The van der Waals surface area contributed by atoms with Crippen LogP contribution < -0.4 is 10.5 Å². The number of anilines is 1. The van der Waals surface area contributed by atoms with Gasteiger partial charge in [0.1, 0.15) is 10.9 Å². The van der Waals surface area contributed by atoms with E-state index in [4.69, 9.17) is 27.2 Å². The monoisotopic (exact) mass is 250 g/mol. The van der Waals surface area contributed by atoms with Crippen LogP contribution in [0.5, 0.6) is 11.6 Å². The molecular formula is C12H11ClN2O2. The molecule has 0 fully saturated rings. The van der Waals surface area contributed by atoms with Gasteiger partial charge in [0.05, 0.1) is 12.3 Å². The lowest BCUT2D eigenvalue weighted by Gasteiger charge is -2.10. The number of rotatable bonds is 3. The van der Waals surface area contributed by atoms with Crippen LogP contribution in [0.4, 0.5) is 5.69 Å². The summed E-state index contributed by atoms with van der Waals surface area (Å²) < 4.78 is 5.53. The summed E-state index contributed by atoms with van der Waals surface area (Å²) in [5, 5.41) is 9.46. The minimum absolute atomic E-state index is 0.114. The molecule has 1 aromatic carbocycles. The first-order valence-corrected chi connectivity index (χ1v) is 5.37. The highest BCUT2D eigenvalue weighted by Crippen LogP contribution is 2.29. The van der Waals surface area contributed by atoms with E-state index in [1.807, 2.05) is 6.07 Å². The number of nitrogens with zero attached hydrogens (tertiary/aromatic N) is 1. The second-order valence-electron chi connectivity index (χ2n) is 3.40. The van der Waals surface area contributed by atoms with Crippen LogP contribution in [0, 0.1) is 0 Å². The Morgan fingerprint density at radius 2 is 2.00 bits per heavy atom. The van der Waals surface area contributed by atoms with E-state index in [1.54, 1.807) is 30.3 Å². The van der Waals surface area contributed by atoms with Crippen molar-refractivity contribution in [2.45, 2.75) is 6.61 Å². The van der Waals surface area contributed by atoms with Crippen LogP contribution in [0.2, 0.25) is 5.15 Å². The molecule has 0 aliphatic carbocycles.